The van der Waals surface area contributed by atoms with E-state index in [1.165, 1.54) is 0 Å². The van der Waals surface area contributed by atoms with Crippen LogP contribution in [0.5, 0.6) is 0 Å². The van der Waals surface area contributed by atoms with E-state index in [1.54, 1.807) is 7.11 Å². The van der Waals surface area contributed by atoms with Gasteiger partial charge in [0.2, 0.25) is 5.91 Å². The molecule has 1 amide bonds. The maximum absolute atomic E-state index is 11.5. The number of nitrogens with one attached hydrogen (secondary N) is 2. The van der Waals surface area contributed by atoms with Crippen LogP contribution in [0, 0.1) is 0 Å². The van der Waals surface area contributed by atoms with Crippen LogP contribution in [0.15, 0.2) is 0 Å². The van der Waals surface area contributed by atoms with E-state index < -0.39 is 0 Å². The molecule has 0 saturated carbocycles. The van der Waals surface area contributed by atoms with Crippen molar-refractivity contribution in [1.82, 2.24) is 10.6 Å². The second-order valence-electron chi connectivity index (χ2n) is 5.47. The zero-order chi connectivity index (χ0) is 12.1. The zero-order valence-corrected chi connectivity index (χ0v) is 10.7. The first-order valence-electron chi connectivity index (χ1n) is 5.21. The van der Waals surface area contributed by atoms with Crippen LogP contribution in [0.1, 0.15) is 34.6 Å². The molecule has 2 N–H and O–H groups in total. The van der Waals surface area contributed by atoms with E-state index in [0.29, 0.717) is 13.2 Å². The molecule has 0 radical (unpaired) electrons. The van der Waals surface area contributed by atoms with Crippen molar-refractivity contribution in [1.29, 1.82) is 0 Å². The van der Waals surface area contributed by atoms with Crippen molar-refractivity contribution in [2.24, 2.45) is 0 Å². The van der Waals surface area contributed by atoms with Crippen LogP contribution in [0.4, 0.5) is 0 Å². The van der Waals surface area contributed by atoms with Crippen LogP contribution in [0.3, 0.4) is 0 Å². The standard InChI is InChI=1S/C11H24N2O2/c1-10(2,3)13-9(14)7-12-11(4,5)8-15-6/h12H,7-8H2,1-6H3,(H,13,14). The molecule has 0 spiro atoms. The normalized spacial score (nSPS) is 12.7. The molecule has 15 heavy (non-hydrogen) atoms. The number of amides is 1. The molecule has 0 aliphatic rings. The third-order valence-electron chi connectivity index (χ3n) is 1.75. The van der Waals surface area contributed by atoms with Gasteiger partial charge in [-0.05, 0) is 34.6 Å². The summed E-state index contributed by atoms with van der Waals surface area (Å²) >= 11 is 0. The summed E-state index contributed by atoms with van der Waals surface area (Å²) in [5, 5.41) is 6.04. The molecule has 0 bridgehead atoms. The minimum atomic E-state index is -0.177. The maximum atomic E-state index is 11.5. The van der Waals surface area contributed by atoms with Gasteiger partial charge >= 0.3 is 0 Å². The van der Waals surface area contributed by atoms with Crippen molar-refractivity contribution in [2.75, 3.05) is 20.3 Å². The number of rotatable bonds is 5. The van der Waals surface area contributed by atoms with Crippen molar-refractivity contribution >= 4 is 5.91 Å². The molecule has 0 unspecified atom stereocenters. The highest BCUT2D eigenvalue weighted by Gasteiger charge is 2.19. The predicted octanol–water partition coefficient (Wildman–Crippen LogP) is 0.916. The van der Waals surface area contributed by atoms with Crippen LogP contribution in [-0.4, -0.2) is 37.2 Å². The molecule has 0 saturated heterocycles. The Hall–Kier alpha value is -0.610. The average Bonchev–Trinajstić information content (AvgIpc) is 1.98. The van der Waals surface area contributed by atoms with Gasteiger partial charge in [-0.3, -0.25) is 4.79 Å². The summed E-state index contributed by atoms with van der Waals surface area (Å²) in [7, 11) is 1.65. The van der Waals surface area contributed by atoms with Crippen molar-refractivity contribution in [3.63, 3.8) is 0 Å². The van der Waals surface area contributed by atoms with Gasteiger partial charge in [0.05, 0.1) is 13.2 Å². The summed E-state index contributed by atoms with van der Waals surface area (Å²) < 4.78 is 5.05. The Morgan fingerprint density at radius 1 is 1.20 bits per heavy atom. The highest BCUT2D eigenvalue weighted by Crippen LogP contribution is 2.02. The topological polar surface area (TPSA) is 50.4 Å². The highest BCUT2D eigenvalue weighted by atomic mass is 16.5. The first-order valence-corrected chi connectivity index (χ1v) is 5.21. The fourth-order valence-corrected chi connectivity index (χ4v) is 1.19. The third kappa shape index (κ3) is 8.39. The summed E-state index contributed by atoms with van der Waals surface area (Å²) in [5.74, 6) is 0.00618. The highest BCUT2D eigenvalue weighted by molar-refractivity contribution is 5.78. The summed E-state index contributed by atoms with van der Waals surface area (Å²) in [4.78, 5) is 11.5. The summed E-state index contributed by atoms with van der Waals surface area (Å²) in [6, 6.07) is 0. The van der Waals surface area contributed by atoms with Crippen molar-refractivity contribution < 1.29 is 9.53 Å². The lowest BCUT2D eigenvalue weighted by atomic mass is 10.1. The lowest BCUT2D eigenvalue weighted by Gasteiger charge is -2.26. The molecular formula is C11H24N2O2. The minimum absolute atomic E-state index is 0.00618. The van der Waals surface area contributed by atoms with Gasteiger partial charge < -0.3 is 15.4 Å². The van der Waals surface area contributed by atoms with E-state index in [4.69, 9.17) is 4.74 Å². The molecule has 0 aromatic carbocycles. The number of carbonyl (C=O) groups excluding carboxylic acids is 1. The Labute approximate surface area is 92.8 Å². The Kier molecular flexibility index (Phi) is 5.24. The molecule has 0 heterocycles. The monoisotopic (exact) mass is 216 g/mol. The summed E-state index contributed by atoms with van der Waals surface area (Å²) in [5.41, 5.74) is -0.353. The molecule has 0 aromatic heterocycles. The quantitative estimate of drug-likeness (QED) is 0.718. The molecule has 0 aliphatic carbocycles. The number of carbonyl (C=O) groups is 1. The lowest BCUT2D eigenvalue weighted by Crippen LogP contribution is -2.51. The van der Waals surface area contributed by atoms with E-state index in [2.05, 4.69) is 10.6 Å². The van der Waals surface area contributed by atoms with Gasteiger partial charge in [0, 0.05) is 18.2 Å². The Morgan fingerprint density at radius 2 is 1.73 bits per heavy atom. The molecule has 90 valence electrons. The second kappa shape index (κ2) is 5.47. The number of methoxy groups -OCH3 is 1. The molecule has 0 atom stereocenters. The fourth-order valence-electron chi connectivity index (χ4n) is 1.19. The van der Waals surface area contributed by atoms with Crippen LogP contribution in [0.2, 0.25) is 0 Å². The molecule has 0 aliphatic heterocycles. The Morgan fingerprint density at radius 3 is 2.13 bits per heavy atom. The second-order valence-corrected chi connectivity index (χ2v) is 5.47. The smallest absolute Gasteiger partial charge is 0.234 e. The predicted molar refractivity (Wildman–Crippen MR) is 61.9 cm³/mol. The molecule has 0 aromatic rings. The first-order chi connectivity index (χ1) is 6.66. The van der Waals surface area contributed by atoms with Gasteiger partial charge in [0.15, 0.2) is 0 Å². The third-order valence-corrected chi connectivity index (χ3v) is 1.75. The SMILES string of the molecule is COCC(C)(C)NCC(=O)NC(C)(C)C. The van der Waals surface area contributed by atoms with Crippen LogP contribution >= 0.6 is 0 Å². The van der Waals surface area contributed by atoms with Crippen LogP contribution in [0.25, 0.3) is 0 Å². The Balaban J connectivity index is 3.90. The number of hydrogen-bond donors (Lipinski definition) is 2. The van der Waals surface area contributed by atoms with Gasteiger partial charge in [-0.15, -0.1) is 0 Å². The van der Waals surface area contributed by atoms with E-state index >= 15 is 0 Å². The summed E-state index contributed by atoms with van der Waals surface area (Å²) in [6.45, 7) is 10.8. The van der Waals surface area contributed by atoms with E-state index in [-0.39, 0.29) is 17.0 Å². The zero-order valence-electron chi connectivity index (χ0n) is 10.7. The minimum Gasteiger partial charge on any atom is -0.383 e. The van der Waals surface area contributed by atoms with Crippen molar-refractivity contribution in [3.05, 3.63) is 0 Å². The number of ether oxygens (including phenoxy) is 1. The van der Waals surface area contributed by atoms with Gasteiger partial charge in [0.25, 0.3) is 0 Å². The van der Waals surface area contributed by atoms with Crippen molar-refractivity contribution in [3.8, 4) is 0 Å². The number of hydrogen-bond acceptors (Lipinski definition) is 3. The van der Waals surface area contributed by atoms with Gasteiger partial charge in [0.1, 0.15) is 0 Å². The van der Waals surface area contributed by atoms with E-state index in [0.717, 1.165) is 0 Å². The molecule has 0 fully saturated rings. The van der Waals surface area contributed by atoms with Gasteiger partial charge in [-0.25, -0.2) is 0 Å². The molecule has 0 rings (SSSR count). The van der Waals surface area contributed by atoms with Crippen LogP contribution in [-0.2, 0) is 9.53 Å². The Bertz CT molecular complexity index is 207. The lowest BCUT2D eigenvalue weighted by molar-refractivity contribution is -0.122. The first kappa shape index (κ1) is 14.4. The maximum Gasteiger partial charge on any atom is 0.234 e. The average molecular weight is 216 g/mol. The fraction of sp³-hybridized carbons (Fsp3) is 0.909. The summed E-state index contributed by atoms with van der Waals surface area (Å²) in [6.07, 6.45) is 0. The van der Waals surface area contributed by atoms with E-state index in [9.17, 15) is 4.79 Å². The molecule has 4 nitrogen and oxygen atoms in total. The molecular weight excluding hydrogens is 192 g/mol. The van der Waals surface area contributed by atoms with Gasteiger partial charge in [-0.1, -0.05) is 0 Å². The van der Waals surface area contributed by atoms with Crippen LogP contribution < -0.4 is 10.6 Å². The van der Waals surface area contributed by atoms with Crippen molar-refractivity contribution in [2.45, 2.75) is 45.7 Å². The molecule has 4 heteroatoms. The van der Waals surface area contributed by atoms with Gasteiger partial charge in [-0.2, -0.15) is 0 Å². The largest absolute Gasteiger partial charge is 0.383 e. The van der Waals surface area contributed by atoms with E-state index in [1.807, 2.05) is 34.6 Å².